The molecule has 1 aromatic carbocycles. The van der Waals surface area contributed by atoms with Crippen LogP contribution in [0.2, 0.25) is 0 Å². The zero-order valence-electron chi connectivity index (χ0n) is 10.8. The second-order valence-electron chi connectivity index (χ2n) is 5.55. The summed E-state index contributed by atoms with van der Waals surface area (Å²) in [5.41, 5.74) is 2.92. The lowest BCUT2D eigenvalue weighted by molar-refractivity contribution is 0.304. The molecule has 1 N–H and O–H groups in total. The van der Waals surface area contributed by atoms with Crippen LogP contribution in [0.5, 0.6) is 0 Å². The fraction of sp³-hybridized carbons (Fsp3) is 0.467. The molecule has 1 unspecified atom stereocenters. The van der Waals surface area contributed by atoms with Crippen LogP contribution in [-0.2, 0) is 12.8 Å². The summed E-state index contributed by atoms with van der Waals surface area (Å²) < 4.78 is 5.41. The standard InChI is InChI=1S/C15H17N3O/c1-2-4-11-7-12(6-5-10(11)3-1)14-17-15(19-18-14)13-8-16-9-13/h1-4,12-13,16H,5-9H2. The first-order valence-electron chi connectivity index (χ1n) is 7.01. The Bertz CT molecular complexity index is 589. The van der Waals surface area contributed by atoms with Crippen molar-refractivity contribution in [3.63, 3.8) is 0 Å². The zero-order valence-corrected chi connectivity index (χ0v) is 10.8. The van der Waals surface area contributed by atoms with Crippen molar-refractivity contribution in [2.75, 3.05) is 13.1 Å². The van der Waals surface area contributed by atoms with Crippen LogP contribution in [0.15, 0.2) is 28.8 Å². The van der Waals surface area contributed by atoms with Gasteiger partial charge in [-0.3, -0.25) is 0 Å². The molecule has 4 rings (SSSR count). The second-order valence-corrected chi connectivity index (χ2v) is 5.55. The summed E-state index contributed by atoms with van der Waals surface area (Å²) in [6.07, 6.45) is 3.28. The van der Waals surface area contributed by atoms with Crippen molar-refractivity contribution < 1.29 is 4.52 Å². The van der Waals surface area contributed by atoms with Gasteiger partial charge in [-0.05, 0) is 30.4 Å². The number of benzene rings is 1. The Morgan fingerprint density at radius 2 is 1.95 bits per heavy atom. The number of aryl methyl sites for hydroxylation is 1. The van der Waals surface area contributed by atoms with Gasteiger partial charge >= 0.3 is 0 Å². The molecule has 98 valence electrons. The average molecular weight is 255 g/mol. The molecular formula is C15H17N3O. The van der Waals surface area contributed by atoms with Gasteiger partial charge in [0.15, 0.2) is 5.82 Å². The molecule has 0 amide bonds. The molecule has 0 spiro atoms. The lowest BCUT2D eigenvalue weighted by Crippen LogP contribution is -2.40. The topological polar surface area (TPSA) is 51.0 Å². The molecule has 0 bridgehead atoms. The number of nitrogens with one attached hydrogen (secondary N) is 1. The van der Waals surface area contributed by atoms with Crippen LogP contribution in [0.4, 0.5) is 0 Å². The Kier molecular flexibility index (Phi) is 2.62. The van der Waals surface area contributed by atoms with Crippen molar-refractivity contribution in [1.29, 1.82) is 0 Å². The van der Waals surface area contributed by atoms with Crippen molar-refractivity contribution in [1.82, 2.24) is 15.5 Å². The summed E-state index contributed by atoms with van der Waals surface area (Å²) in [6, 6.07) is 8.68. The molecule has 1 aliphatic carbocycles. The summed E-state index contributed by atoms with van der Waals surface area (Å²) >= 11 is 0. The maximum atomic E-state index is 5.41. The van der Waals surface area contributed by atoms with Gasteiger partial charge in [-0.25, -0.2) is 0 Å². The van der Waals surface area contributed by atoms with Crippen molar-refractivity contribution >= 4 is 0 Å². The van der Waals surface area contributed by atoms with Crippen molar-refractivity contribution in [2.45, 2.75) is 31.1 Å². The quantitative estimate of drug-likeness (QED) is 0.892. The molecule has 2 aromatic rings. The van der Waals surface area contributed by atoms with E-state index < -0.39 is 0 Å². The second kappa shape index (κ2) is 4.46. The highest BCUT2D eigenvalue weighted by Gasteiger charge is 2.28. The van der Waals surface area contributed by atoms with Crippen molar-refractivity contribution in [3.8, 4) is 0 Å². The van der Waals surface area contributed by atoms with Crippen LogP contribution in [-0.4, -0.2) is 23.2 Å². The third-order valence-corrected chi connectivity index (χ3v) is 4.30. The summed E-state index contributed by atoms with van der Waals surface area (Å²) in [4.78, 5) is 4.61. The first-order chi connectivity index (χ1) is 9.40. The lowest BCUT2D eigenvalue weighted by atomic mass is 9.83. The molecular weight excluding hydrogens is 238 g/mol. The summed E-state index contributed by atoms with van der Waals surface area (Å²) in [5.74, 6) is 2.56. The number of rotatable bonds is 2. The van der Waals surface area contributed by atoms with E-state index in [-0.39, 0.29) is 0 Å². The highest BCUT2D eigenvalue weighted by Crippen LogP contribution is 2.31. The van der Waals surface area contributed by atoms with Crippen LogP contribution in [0.3, 0.4) is 0 Å². The van der Waals surface area contributed by atoms with Crippen LogP contribution >= 0.6 is 0 Å². The van der Waals surface area contributed by atoms with Gasteiger partial charge in [-0.15, -0.1) is 0 Å². The molecule has 1 fully saturated rings. The van der Waals surface area contributed by atoms with E-state index in [1.807, 2.05) is 0 Å². The maximum Gasteiger partial charge on any atom is 0.232 e. The van der Waals surface area contributed by atoms with E-state index in [2.05, 4.69) is 39.7 Å². The lowest BCUT2D eigenvalue weighted by Gasteiger charge is -2.23. The van der Waals surface area contributed by atoms with Gasteiger partial charge in [0.2, 0.25) is 5.89 Å². The minimum Gasteiger partial charge on any atom is -0.339 e. The zero-order chi connectivity index (χ0) is 12.7. The summed E-state index contributed by atoms with van der Waals surface area (Å²) in [6.45, 7) is 1.93. The fourth-order valence-corrected chi connectivity index (χ4v) is 2.96. The molecule has 2 heterocycles. The fourth-order valence-electron chi connectivity index (χ4n) is 2.96. The van der Waals surface area contributed by atoms with Crippen LogP contribution in [0.1, 0.15) is 41.1 Å². The first kappa shape index (κ1) is 11.2. The van der Waals surface area contributed by atoms with Crippen LogP contribution in [0, 0.1) is 0 Å². The predicted octanol–water partition coefficient (Wildman–Crippen LogP) is 2.03. The Morgan fingerprint density at radius 3 is 2.74 bits per heavy atom. The van der Waals surface area contributed by atoms with Gasteiger partial charge in [-0.2, -0.15) is 4.98 Å². The number of aromatic nitrogens is 2. The Morgan fingerprint density at radius 1 is 1.11 bits per heavy atom. The SMILES string of the molecule is c1ccc2c(c1)CCC(c1noc(C3CNC3)n1)C2. The number of hydrogen-bond donors (Lipinski definition) is 1. The van der Waals surface area contributed by atoms with E-state index in [0.29, 0.717) is 11.8 Å². The van der Waals surface area contributed by atoms with E-state index in [0.717, 1.165) is 44.1 Å². The third-order valence-electron chi connectivity index (χ3n) is 4.30. The maximum absolute atomic E-state index is 5.41. The minimum absolute atomic E-state index is 0.417. The largest absolute Gasteiger partial charge is 0.339 e. The van der Waals surface area contributed by atoms with Gasteiger partial charge in [0.05, 0.1) is 5.92 Å². The molecule has 4 nitrogen and oxygen atoms in total. The Labute approximate surface area is 112 Å². The van der Waals surface area contributed by atoms with E-state index >= 15 is 0 Å². The molecule has 0 saturated carbocycles. The minimum atomic E-state index is 0.417. The van der Waals surface area contributed by atoms with Gasteiger partial charge in [0, 0.05) is 19.0 Å². The normalized spacial score (nSPS) is 22.8. The van der Waals surface area contributed by atoms with E-state index in [1.165, 1.54) is 11.1 Å². The molecule has 1 saturated heterocycles. The number of fused-ring (bicyclic) bond motifs is 1. The van der Waals surface area contributed by atoms with Crippen LogP contribution < -0.4 is 5.32 Å². The van der Waals surface area contributed by atoms with Gasteiger partial charge in [-0.1, -0.05) is 29.4 Å². The smallest absolute Gasteiger partial charge is 0.232 e. The van der Waals surface area contributed by atoms with E-state index in [1.54, 1.807) is 0 Å². The molecule has 4 heteroatoms. The molecule has 1 aromatic heterocycles. The molecule has 2 aliphatic rings. The Hall–Kier alpha value is -1.68. The third kappa shape index (κ3) is 1.96. The van der Waals surface area contributed by atoms with E-state index in [4.69, 9.17) is 4.52 Å². The monoisotopic (exact) mass is 255 g/mol. The Balaban J connectivity index is 1.55. The van der Waals surface area contributed by atoms with Gasteiger partial charge < -0.3 is 9.84 Å². The van der Waals surface area contributed by atoms with Crippen LogP contribution in [0.25, 0.3) is 0 Å². The molecule has 1 atom stereocenters. The van der Waals surface area contributed by atoms with Gasteiger partial charge in [0.25, 0.3) is 0 Å². The van der Waals surface area contributed by atoms with E-state index in [9.17, 15) is 0 Å². The molecule has 1 aliphatic heterocycles. The van der Waals surface area contributed by atoms with Crippen molar-refractivity contribution in [3.05, 3.63) is 47.1 Å². The summed E-state index contributed by atoms with van der Waals surface area (Å²) in [5, 5.41) is 7.44. The summed E-state index contributed by atoms with van der Waals surface area (Å²) in [7, 11) is 0. The highest BCUT2D eigenvalue weighted by molar-refractivity contribution is 5.31. The number of hydrogen-bond acceptors (Lipinski definition) is 4. The average Bonchev–Trinajstić information content (AvgIpc) is 2.85. The first-order valence-corrected chi connectivity index (χ1v) is 7.01. The molecule has 19 heavy (non-hydrogen) atoms. The van der Waals surface area contributed by atoms with Gasteiger partial charge in [0.1, 0.15) is 0 Å². The highest BCUT2D eigenvalue weighted by atomic mass is 16.5. The predicted molar refractivity (Wildman–Crippen MR) is 71.1 cm³/mol. The number of nitrogens with zero attached hydrogens (tertiary/aromatic N) is 2. The molecule has 0 radical (unpaired) electrons. The van der Waals surface area contributed by atoms with Crippen molar-refractivity contribution in [2.24, 2.45) is 0 Å².